The van der Waals surface area contributed by atoms with Crippen LogP contribution in [0.5, 0.6) is 0 Å². The molecule has 3 aromatic rings. The molecule has 0 aliphatic rings. The zero-order chi connectivity index (χ0) is 23.3. The van der Waals surface area contributed by atoms with E-state index in [1.54, 1.807) is 36.4 Å². The third kappa shape index (κ3) is 5.69. The van der Waals surface area contributed by atoms with Crippen molar-refractivity contribution in [1.82, 2.24) is 15.3 Å². The zero-order valence-corrected chi connectivity index (χ0v) is 17.3. The Morgan fingerprint density at radius 3 is 2.53 bits per heavy atom. The van der Waals surface area contributed by atoms with Gasteiger partial charge in [-0.3, -0.25) is 14.6 Å². The van der Waals surface area contributed by atoms with Crippen molar-refractivity contribution in [3.8, 4) is 0 Å². The number of nitrogens with one attached hydrogen (secondary N) is 3. The van der Waals surface area contributed by atoms with Gasteiger partial charge in [-0.25, -0.2) is 9.78 Å². The van der Waals surface area contributed by atoms with Crippen LogP contribution in [0.4, 0.5) is 11.6 Å². The molecular weight excluding hydrogens is 414 g/mol. The summed E-state index contributed by atoms with van der Waals surface area (Å²) in [7, 11) is 0. The van der Waals surface area contributed by atoms with E-state index in [4.69, 9.17) is 5.73 Å². The van der Waals surface area contributed by atoms with Gasteiger partial charge in [0.2, 0.25) is 5.95 Å². The number of fused-ring (bicyclic) bond motifs is 1. The summed E-state index contributed by atoms with van der Waals surface area (Å²) < 4.78 is 0. The van der Waals surface area contributed by atoms with Crippen LogP contribution in [0.2, 0.25) is 0 Å². The topological polar surface area (TPSA) is 167 Å². The molecule has 2 aromatic carbocycles. The summed E-state index contributed by atoms with van der Waals surface area (Å²) in [6.45, 7) is 1.80. The van der Waals surface area contributed by atoms with Gasteiger partial charge in [0.25, 0.3) is 11.5 Å². The van der Waals surface area contributed by atoms with Crippen LogP contribution in [0.25, 0.3) is 10.9 Å². The molecule has 0 radical (unpaired) electrons. The number of Topliss-reactive ketones (excluding diaryl/α,β-unsaturated/α-hetero) is 1. The van der Waals surface area contributed by atoms with Gasteiger partial charge >= 0.3 is 5.97 Å². The predicted molar refractivity (Wildman–Crippen MR) is 119 cm³/mol. The standard InChI is InChI=1S/C22H23N5O5/c1-12(28)2-8-18(21(31)32)25-19(29)14-4-6-15(7-5-14)24-11-13-3-9-17-16(10-13)20(30)27-22(23)26-17/h3-7,9-10,18,24H,2,8,11H2,1H3,(H,25,29)(H,31,32)(H3,23,26,27,30). The van der Waals surface area contributed by atoms with E-state index < -0.39 is 17.9 Å². The largest absolute Gasteiger partial charge is 0.480 e. The number of amides is 1. The number of anilines is 2. The normalized spacial score (nSPS) is 11.7. The molecule has 0 fully saturated rings. The third-order valence-electron chi connectivity index (χ3n) is 4.82. The smallest absolute Gasteiger partial charge is 0.326 e. The average molecular weight is 437 g/mol. The first kappa shape index (κ1) is 22.5. The zero-order valence-electron chi connectivity index (χ0n) is 17.3. The van der Waals surface area contributed by atoms with Gasteiger partial charge in [0, 0.05) is 24.2 Å². The Morgan fingerprint density at radius 2 is 1.88 bits per heavy atom. The van der Waals surface area contributed by atoms with Crippen LogP contribution in [0.3, 0.4) is 0 Å². The summed E-state index contributed by atoms with van der Waals surface area (Å²) in [5, 5.41) is 15.3. The first-order valence-electron chi connectivity index (χ1n) is 9.88. The fraction of sp³-hybridized carbons (Fsp3) is 0.227. The van der Waals surface area contributed by atoms with Crippen LogP contribution in [-0.4, -0.2) is 38.8 Å². The molecule has 1 aromatic heterocycles. The van der Waals surface area contributed by atoms with Gasteiger partial charge in [-0.1, -0.05) is 6.07 Å². The number of aromatic amines is 1. The molecule has 0 aliphatic heterocycles. The summed E-state index contributed by atoms with van der Waals surface area (Å²) in [6, 6.07) is 10.7. The maximum atomic E-state index is 12.3. The Morgan fingerprint density at radius 1 is 1.16 bits per heavy atom. The molecule has 0 saturated heterocycles. The number of rotatable bonds is 9. The van der Waals surface area contributed by atoms with Crippen LogP contribution < -0.4 is 21.9 Å². The molecule has 10 nitrogen and oxygen atoms in total. The minimum atomic E-state index is -1.19. The van der Waals surface area contributed by atoms with Crippen molar-refractivity contribution in [2.75, 3.05) is 11.1 Å². The fourth-order valence-corrected chi connectivity index (χ4v) is 3.10. The van der Waals surface area contributed by atoms with Crippen molar-refractivity contribution in [3.05, 3.63) is 63.9 Å². The molecule has 10 heteroatoms. The third-order valence-corrected chi connectivity index (χ3v) is 4.82. The number of nitrogens with two attached hydrogens (primary N) is 1. The lowest BCUT2D eigenvalue weighted by molar-refractivity contribution is -0.139. The monoisotopic (exact) mass is 437 g/mol. The highest BCUT2D eigenvalue weighted by atomic mass is 16.4. The van der Waals surface area contributed by atoms with Crippen molar-refractivity contribution in [2.45, 2.75) is 32.4 Å². The van der Waals surface area contributed by atoms with E-state index in [2.05, 4.69) is 20.6 Å². The van der Waals surface area contributed by atoms with Crippen LogP contribution in [0.1, 0.15) is 35.7 Å². The molecule has 1 amide bonds. The second-order valence-corrected chi connectivity index (χ2v) is 7.34. The van der Waals surface area contributed by atoms with Crippen molar-refractivity contribution in [2.24, 2.45) is 0 Å². The summed E-state index contributed by atoms with van der Waals surface area (Å²) >= 11 is 0. The van der Waals surface area contributed by atoms with Gasteiger partial charge in [0.05, 0.1) is 10.9 Å². The molecule has 3 rings (SSSR count). The summed E-state index contributed by atoms with van der Waals surface area (Å²) in [4.78, 5) is 53.3. The molecule has 0 bridgehead atoms. The number of H-pyrrole nitrogens is 1. The number of hydrogen-bond acceptors (Lipinski definition) is 7. The summed E-state index contributed by atoms with van der Waals surface area (Å²) in [6.07, 6.45) is 0.108. The highest BCUT2D eigenvalue weighted by Crippen LogP contribution is 2.15. The molecule has 1 unspecified atom stereocenters. The van der Waals surface area contributed by atoms with Crippen LogP contribution in [0, 0.1) is 0 Å². The molecule has 32 heavy (non-hydrogen) atoms. The number of nitrogen functional groups attached to an aromatic ring is 1. The molecule has 166 valence electrons. The number of nitrogens with zero attached hydrogens (tertiary/aromatic N) is 1. The van der Waals surface area contributed by atoms with Crippen molar-refractivity contribution in [3.63, 3.8) is 0 Å². The lowest BCUT2D eigenvalue weighted by Gasteiger charge is -2.14. The van der Waals surface area contributed by atoms with Gasteiger partial charge in [-0.05, 0) is 55.3 Å². The van der Waals surface area contributed by atoms with Crippen molar-refractivity contribution in [1.29, 1.82) is 0 Å². The number of aliphatic carboxylic acids is 1. The lowest BCUT2D eigenvalue weighted by atomic mass is 10.1. The molecular formula is C22H23N5O5. The van der Waals surface area contributed by atoms with E-state index in [0.717, 1.165) is 11.3 Å². The Labute approximate surface area is 182 Å². The molecule has 1 heterocycles. The van der Waals surface area contributed by atoms with Crippen LogP contribution in [0.15, 0.2) is 47.3 Å². The second kappa shape index (κ2) is 9.73. The van der Waals surface area contributed by atoms with Gasteiger partial charge < -0.3 is 26.3 Å². The number of aromatic nitrogens is 2. The number of carbonyl (C=O) groups is 3. The number of carboxylic acids is 1. The van der Waals surface area contributed by atoms with E-state index in [9.17, 15) is 24.3 Å². The minimum absolute atomic E-state index is 0.0345. The van der Waals surface area contributed by atoms with E-state index in [0.29, 0.717) is 23.0 Å². The van der Waals surface area contributed by atoms with Crippen LogP contribution >= 0.6 is 0 Å². The molecule has 1 atom stereocenters. The average Bonchev–Trinajstić information content (AvgIpc) is 2.75. The van der Waals surface area contributed by atoms with Gasteiger partial charge in [0.1, 0.15) is 11.8 Å². The summed E-state index contributed by atoms with van der Waals surface area (Å²) in [5.74, 6) is -1.80. The Balaban J connectivity index is 1.62. The van der Waals surface area contributed by atoms with Crippen LogP contribution in [-0.2, 0) is 16.1 Å². The Kier molecular flexibility index (Phi) is 6.83. The first-order chi connectivity index (χ1) is 15.2. The molecule has 6 N–H and O–H groups in total. The SMILES string of the molecule is CC(=O)CCC(NC(=O)c1ccc(NCc2ccc3nc(N)[nH]c(=O)c3c2)cc1)C(=O)O. The maximum absolute atomic E-state index is 12.3. The molecule has 0 spiro atoms. The van der Waals surface area contributed by atoms with E-state index in [1.165, 1.54) is 6.92 Å². The molecule has 0 saturated carbocycles. The van der Waals surface area contributed by atoms with E-state index >= 15 is 0 Å². The van der Waals surface area contributed by atoms with Gasteiger partial charge in [0.15, 0.2) is 0 Å². The van der Waals surface area contributed by atoms with E-state index in [-0.39, 0.29) is 30.1 Å². The highest BCUT2D eigenvalue weighted by molar-refractivity contribution is 5.97. The molecule has 0 aliphatic carbocycles. The maximum Gasteiger partial charge on any atom is 0.326 e. The lowest BCUT2D eigenvalue weighted by Crippen LogP contribution is -2.41. The fourth-order valence-electron chi connectivity index (χ4n) is 3.10. The van der Waals surface area contributed by atoms with Crippen molar-refractivity contribution >= 4 is 40.2 Å². The van der Waals surface area contributed by atoms with Crippen molar-refractivity contribution < 1.29 is 19.5 Å². The highest BCUT2D eigenvalue weighted by Gasteiger charge is 2.21. The number of hydrogen-bond donors (Lipinski definition) is 5. The Bertz CT molecular complexity index is 1220. The number of carboxylic acid groups (broad SMARTS) is 1. The number of benzene rings is 2. The Hall–Kier alpha value is -4.21. The second-order valence-electron chi connectivity index (χ2n) is 7.34. The number of carbonyl (C=O) groups excluding carboxylic acids is 2. The van der Waals surface area contributed by atoms with Gasteiger partial charge in [-0.15, -0.1) is 0 Å². The first-order valence-corrected chi connectivity index (χ1v) is 9.88. The minimum Gasteiger partial charge on any atom is -0.480 e. The van der Waals surface area contributed by atoms with Gasteiger partial charge in [-0.2, -0.15) is 0 Å². The van der Waals surface area contributed by atoms with E-state index in [1.807, 2.05) is 6.07 Å². The number of ketones is 1. The quantitative estimate of drug-likeness (QED) is 0.337. The predicted octanol–water partition coefficient (Wildman–Crippen LogP) is 1.67. The summed E-state index contributed by atoms with van der Waals surface area (Å²) in [5.41, 5.74) is 7.63.